The molecule has 16 atom stereocenters. The SMILES string of the molecule is C=C1[C@@H](O)[C@@H]2O[C@]3(CC[C@H](/C=C/[C@@H](C)[C@@H]4CC(C)=C[C@]5(CCC[C@@H](C[C@@](C)(O)C(=O)O)O5)O4)O3)CC[C@H]2O[C@@H]1[C@@H](O)C[C@H](C)[C@H]1O[C@@]2(CCCCO2)CC[C@H]1C. The van der Waals surface area contributed by atoms with E-state index in [0.29, 0.717) is 50.0 Å². The first-order valence-electron chi connectivity index (χ1n) is 21.6. The van der Waals surface area contributed by atoms with Crippen LogP contribution in [0.5, 0.6) is 0 Å². The van der Waals surface area contributed by atoms with Crippen molar-refractivity contribution in [2.45, 2.75) is 209 Å². The molecule has 0 unspecified atom stereocenters. The van der Waals surface area contributed by atoms with Crippen LogP contribution in [-0.2, 0) is 38.0 Å². The monoisotopic (exact) mass is 788 g/mol. The van der Waals surface area contributed by atoms with Crippen molar-refractivity contribution in [1.29, 1.82) is 0 Å². The van der Waals surface area contributed by atoms with Gasteiger partial charge in [0.15, 0.2) is 23.0 Å². The van der Waals surface area contributed by atoms with E-state index in [0.717, 1.165) is 63.5 Å². The molecule has 0 aromatic heterocycles. The highest BCUT2D eigenvalue weighted by Crippen LogP contribution is 2.47. The first-order valence-corrected chi connectivity index (χ1v) is 21.6. The number of fused-ring (bicyclic) bond motifs is 1. The average molecular weight is 789 g/mol. The molecule has 3 spiro atoms. The van der Waals surface area contributed by atoms with Gasteiger partial charge in [-0.05, 0) is 95.1 Å². The van der Waals surface area contributed by atoms with Crippen LogP contribution >= 0.6 is 0 Å². The summed E-state index contributed by atoms with van der Waals surface area (Å²) in [6.07, 6.45) is 13.0. The zero-order valence-corrected chi connectivity index (χ0v) is 34.2. The van der Waals surface area contributed by atoms with Gasteiger partial charge in [0.2, 0.25) is 0 Å². The molecule has 12 heteroatoms. The molecule has 316 valence electrons. The smallest absolute Gasteiger partial charge is 0.335 e. The molecule has 7 aliphatic rings. The average Bonchev–Trinajstić information content (AvgIpc) is 3.54. The molecule has 7 rings (SSSR count). The third-order valence-electron chi connectivity index (χ3n) is 13.9. The molecule has 0 aromatic carbocycles. The van der Waals surface area contributed by atoms with E-state index in [9.17, 15) is 25.2 Å². The predicted molar refractivity (Wildman–Crippen MR) is 206 cm³/mol. The van der Waals surface area contributed by atoms with Crippen LogP contribution in [0.15, 0.2) is 36.0 Å². The number of carboxylic acid groups (broad SMARTS) is 1. The molecule has 0 amide bonds. The highest BCUT2D eigenvalue weighted by Gasteiger charge is 2.54. The molecule has 12 nitrogen and oxygen atoms in total. The third-order valence-corrected chi connectivity index (χ3v) is 13.9. The van der Waals surface area contributed by atoms with Gasteiger partial charge in [-0.25, -0.2) is 4.79 Å². The van der Waals surface area contributed by atoms with E-state index in [4.69, 9.17) is 33.2 Å². The van der Waals surface area contributed by atoms with Crippen LogP contribution < -0.4 is 0 Å². The van der Waals surface area contributed by atoms with Gasteiger partial charge < -0.3 is 53.6 Å². The van der Waals surface area contributed by atoms with Crippen molar-refractivity contribution < 1.29 is 58.4 Å². The van der Waals surface area contributed by atoms with Crippen LogP contribution in [0.3, 0.4) is 0 Å². The number of carbonyl (C=O) groups is 1. The molecule has 7 heterocycles. The van der Waals surface area contributed by atoms with E-state index in [2.05, 4.69) is 46.4 Å². The molecule has 4 N–H and O–H groups in total. The molecular weight excluding hydrogens is 720 g/mol. The lowest BCUT2D eigenvalue weighted by atomic mass is 9.79. The summed E-state index contributed by atoms with van der Waals surface area (Å²) in [6, 6.07) is 0. The Balaban J connectivity index is 0.911. The van der Waals surface area contributed by atoms with E-state index in [-0.39, 0.29) is 42.7 Å². The van der Waals surface area contributed by atoms with Gasteiger partial charge in [0, 0.05) is 44.4 Å². The largest absolute Gasteiger partial charge is 0.479 e. The molecule has 0 radical (unpaired) electrons. The van der Waals surface area contributed by atoms with Crippen LogP contribution in [0.2, 0.25) is 0 Å². The number of hydrogen-bond donors (Lipinski definition) is 4. The summed E-state index contributed by atoms with van der Waals surface area (Å²) in [5.74, 6) is -3.07. The second kappa shape index (κ2) is 16.7. The summed E-state index contributed by atoms with van der Waals surface area (Å²) in [7, 11) is 0. The highest BCUT2D eigenvalue weighted by molar-refractivity contribution is 5.76. The number of aliphatic hydroxyl groups is 3. The summed E-state index contributed by atoms with van der Waals surface area (Å²) >= 11 is 0. The fraction of sp³-hybridized carbons (Fsp3) is 0.841. The van der Waals surface area contributed by atoms with E-state index in [1.165, 1.54) is 6.92 Å². The Kier molecular flexibility index (Phi) is 12.7. The normalized spacial score (nSPS) is 44.7. The number of aliphatic hydroxyl groups excluding tert-OH is 2. The first-order chi connectivity index (χ1) is 26.5. The van der Waals surface area contributed by atoms with E-state index >= 15 is 0 Å². The molecular formula is C44H68O12. The van der Waals surface area contributed by atoms with Crippen molar-refractivity contribution in [1.82, 2.24) is 0 Å². The number of rotatable bonds is 10. The number of carboxylic acids is 1. The second-order valence-electron chi connectivity index (χ2n) is 18.8. The van der Waals surface area contributed by atoms with E-state index in [1.807, 2.05) is 6.08 Å². The Labute approximate surface area is 332 Å². The van der Waals surface area contributed by atoms with Crippen LogP contribution in [0.4, 0.5) is 0 Å². The van der Waals surface area contributed by atoms with Crippen molar-refractivity contribution in [3.05, 3.63) is 36.0 Å². The van der Waals surface area contributed by atoms with Gasteiger partial charge >= 0.3 is 5.97 Å². The zero-order valence-electron chi connectivity index (χ0n) is 34.2. The lowest BCUT2D eigenvalue weighted by molar-refractivity contribution is -0.320. The fourth-order valence-corrected chi connectivity index (χ4v) is 10.6. The Morgan fingerprint density at radius 1 is 1.00 bits per heavy atom. The van der Waals surface area contributed by atoms with Gasteiger partial charge in [0.25, 0.3) is 0 Å². The molecule has 0 saturated carbocycles. The van der Waals surface area contributed by atoms with E-state index in [1.54, 1.807) is 0 Å². The Morgan fingerprint density at radius 2 is 1.77 bits per heavy atom. The number of aliphatic carboxylic acids is 1. The van der Waals surface area contributed by atoms with Crippen molar-refractivity contribution in [3.63, 3.8) is 0 Å². The maximum Gasteiger partial charge on any atom is 0.335 e. The predicted octanol–water partition coefficient (Wildman–Crippen LogP) is 6.24. The van der Waals surface area contributed by atoms with Crippen molar-refractivity contribution in [3.8, 4) is 0 Å². The molecule has 0 bridgehead atoms. The fourth-order valence-electron chi connectivity index (χ4n) is 10.6. The highest BCUT2D eigenvalue weighted by atomic mass is 16.7. The zero-order chi connectivity index (χ0) is 40.0. The Hall–Kier alpha value is -1.71. The van der Waals surface area contributed by atoms with Gasteiger partial charge in [-0.2, -0.15) is 0 Å². The van der Waals surface area contributed by atoms with Crippen LogP contribution in [-0.4, -0.2) is 111 Å². The Bertz CT molecular complexity index is 1470. The summed E-state index contributed by atoms with van der Waals surface area (Å²) in [4.78, 5) is 11.6. The summed E-state index contributed by atoms with van der Waals surface area (Å²) in [5, 5.41) is 42.9. The van der Waals surface area contributed by atoms with Crippen LogP contribution in [0.1, 0.15) is 131 Å². The third kappa shape index (κ3) is 9.05. The number of hydrogen-bond acceptors (Lipinski definition) is 11. The topological polar surface area (TPSA) is 163 Å². The van der Waals surface area contributed by atoms with Crippen molar-refractivity contribution >= 4 is 5.97 Å². The molecule has 0 aliphatic carbocycles. The van der Waals surface area contributed by atoms with Crippen molar-refractivity contribution in [2.75, 3.05) is 6.61 Å². The van der Waals surface area contributed by atoms with Gasteiger partial charge in [-0.15, -0.1) is 0 Å². The maximum atomic E-state index is 11.6. The summed E-state index contributed by atoms with van der Waals surface area (Å²) < 4.78 is 45.6. The lowest BCUT2D eigenvalue weighted by Crippen LogP contribution is -2.60. The van der Waals surface area contributed by atoms with Gasteiger partial charge in [0.1, 0.15) is 18.3 Å². The minimum atomic E-state index is -1.87. The molecule has 6 fully saturated rings. The minimum absolute atomic E-state index is 0.00341. The lowest BCUT2D eigenvalue weighted by Gasteiger charge is -2.50. The van der Waals surface area contributed by atoms with Crippen LogP contribution in [0, 0.1) is 17.8 Å². The van der Waals surface area contributed by atoms with Crippen molar-refractivity contribution in [2.24, 2.45) is 17.8 Å². The van der Waals surface area contributed by atoms with Crippen LogP contribution in [0.25, 0.3) is 0 Å². The summed E-state index contributed by atoms with van der Waals surface area (Å²) in [5.41, 5.74) is -0.278. The van der Waals surface area contributed by atoms with Gasteiger partial charge in [-0.3, -0.25) is 0 Å². The van der Waals surface area contributed by atoms with Gasteiger partial charge in [0.05, 0.1) is 43.2 Å². The Morgan fingerprint density at radius 3 is 2.52 bits per heavy atom. The molecule has 7 aliphatic heterocycles. The van der Waals surface area contributed by atoms with Gasteiger partial charge in [-0.1, -0.05) is 45.1 Å². The first kappa shape index (κ1) is 42.4. The number of ether oxygens (including phenoxy) is 7. The van der Waals surface area contributed by atoms with E-state index < -0.39 is 59.5 Å². The minimum Gasteiger partial charge on any atom is -0.479 e. The molecule has 6 saturated heterocycles. The molecule has 56 heavy (non-hydrogen) atoms. The second-order valence-corrected chi connectivity index (χ2v) is 18.8. The quantitative estimate of drug-likeness (QED) is 0.185. The summed E-state index contributed by atoms with van der Waals surface area (Å²) in [6.45, 7) is 14.8. The molecule has 0 aromatic rings. The standard InChI is InChI=1S/C44H68O12/c1-26-22-35(54-44(24-26)17-9-10-32(53-44)25-41(6,49)40(47)48)27(2)11-12-31-14-19-43(52-31)20-15-34-39(56-43)36(46)30(5)38(51-34)33(45)23-29(4)37-28(3)13-18-42(55-37)16-7-8-21-50-42/h11-12,24,27-29,31-39,45-46,49H,5,7-10,13-23,25H2,1-4,6H3,(H,47,48)/b12-11+/t27-,28-,29+,31+,32+,33+,34-,35+,36-,37+,38+,39-,41-,42+,43-,44+/m1/s1. The maximum absolute atomic E-state index is 11.6.